The van der Waals surface area contributed by atoms with E-state index < -0.39 is 12.1 Å². The van der Waals surface area contributed by atoms with Gasteiger partial charge in [-0.15, -0.1) is 0 Å². The predicted molar refractivity (Wildman–Crippen MR) is 21.4 cm³/mol. The molecule has 0 heterocycles. The van der Waals surface area contributed by atoms with Gasteiger partial charge in [0.2, 0.25) is 5.91 Å². The molecule has 0 unspecified atom stereocenters. The largest absolute Gasteiger partial charge is 0.367 e. The van der Waals surface area contributed by atoms with E-state index in [2.05, 4.69) is 5.73 Å². The van der Waals surface area contributed by atoms with E-state index in [1.807, 2.05) is 0 Å². The van der Waals surface area contributed by atoms with Gasteiger partial charge in [-0.2, -0.15) is 0 Å². The molecule has 4 heteroatoms. The Morgan fingerprint density at radius 2 is 1.67 bits per heavy atom. The second kappa shape index (κ2) is 1.74. The molecule has 0 aliphatic rings. The van der Waals surface area contributed by atoms with Crippen LogP contribution >= 0.6 is 0 Å². The minimum Gasteiger partial charge on any atom is -0.367 e. The van der Waals surface area contributed by atoms with Crippen molar-refractivity contribution in [3.05, 3.63) is 0 Å². The van der Waals surface area contributed by atoms with Gasteiger partial charge < -0.3 is 17.2 Å². The van der Waals surface area contributed by atoms with Gasteiger partial charge in [-0.05, 0) is 0 Å². The molecule has 0 radical (unpaired) electrons. The summed E-state index contributed by atoms with van der Waals surface area (Å²) >= 11 is 0. The second-order valence-electron chi connectivity index (χ2n) is 0.928. The van der Waals surface area contributed by atoms with Crippen LogP contribution in [-0.2, 0) is 4.79 Å². The highest BCUT2D eigenvalue weighted by Gasteiger charge is 1.96. The van der Waals surface area contributed by atoms with E-state index >= 15 is 0 Å². The van der Waals surface area contributed by atoms with E-state index in [4.69, 9.17) is 11.5 Å². The number of rotatable bonds is 1. The second-order valence-corrected chi connectivity index (χ2v) is 0.928. The van der Waals surface area contributed by atoms with Crippen molar-refractivity contribution >= 4 is 5.91 Å². The summed E-state index contributed by atoms with van der Waals surface area (Å²) in [6.45, 7) is 0. The number of primary amides is 1. The van der Waals surface area contributed by atoms with Gasteiger partial charge in [0.15, 0.2) is 0 Å². The van der Waals surface area contributed by atoms with Crippen LogP contribution in [0.2, 0.25) is 0 Å². The Kier molecular flexibility index (Phi) is 1.56. The van der Waals surface area contributed by atoms with Gasteiger partial charge >= 0.3 is 0 Å². The molecule has 4 nitrogen and oxygen atoms in total. The summed E-state index contributed by atoms with van der Waals surface area (Å²) in [5, 5.41) is 0. The van der Waals surface area contributed by atoms with Gasteiger partial charge in [-0.1, -0.05) is 0 Å². The molecule has 36 valence electrons. The highest BCUT2D eigenvalue weighted by atomic mass is 16.1. The number of nitrogens with two attached hydrogens (primary N) is 3. The van der Waals surface area contributed by atoms with E-state index in [-0.39, 0.29) is 0 Å². The fraction of sp³-hybridized carbons (Fsp3) is 0.500. The molecule has 1 amide bonds. The van der Waals surface area contributed by atoms with Gasteiger partial charge in [0.1, 0.15) is 6.17 Å². The van der Waals surface area contributed by atoms with Gasteiger partial charge in [0.25, 0.3) is 0 Å². The standard InChI is InChI=1S/C2H7N3O/c3-1(4)2(5)6/h1H,3-4H2,(H2,5,6). The molecule has 0 aliphatic heterocycles. The van der Waals surface area contributed by atoms with Crippen LogP contribution in [0.1, 0.15) is 0 Å². The van der Waals surface area contributed by atoms with E-state index in [1.165, 1.54) is 0 Å². The number of amides is 1. The summed E-state index contributed by atoms with van der Waals surface area (Å²) < 4.78 is 0. The third-order valence-electron chi connectivity index (χ3n) is 0.329. The number of hydrogen-bond donors (Lipinski definition) is 3. The van der Waals surface area contributed by atoms with E-state index in [0.29, 0.717) is 0 Å². The van der Waals surface area contributed by atoms with Crippen LogP contribution in [0.4, 0.5) is 0 Å². The first-order chi connectivity index (χ1) is 2.64. The maximum absolute atomic E-state index is 9.67. The van der Waals surface area contributed by atoms with Crippen LogP contribution in [0, 0.1) is 0 Å². The normalized spacial score (nSPS) is 9.17. The molecular formula is C2H7N3O. The van der Waals surface area contributed by atoms with Crippen molar-refractivity contribution in [1.82, 2.24) is 0 Å². The molecule has 0 aromatic carbocycles. The minimum atomic E-state index is -1.01. The van der Waals surface area contributed by atoms with Crippen LogP contribution in [0.25, 0.3) is 0 Å². The molecule has 0 aliphatic carbocycles. The van der Waals surface area contributed by atoms with Crippen LogP contribution in [0.15, 0.2) is 0 Å². The van der Waals surface area contributed by atoms with Crippen molar-refractivity contribution in [2.24, 2.45) is 17.2 Å². The number of carbonyl (C=O) groups excluding carboxylic acids is 1. The Labute approximate surface area is 35.3 Å². The van der Waals surface area contributed by atoms with Crippen molar-refractivity contribution in [3.8, 4) is 0 Å². The van der Waals surface area contributed by atoms with Crippen molar-refractivity contribution in [2.45, 2.75) is 6.17 Å². The Hall–Kier alpha value is -0.610. The fourth-order valence-corrected chi connectivity index (χ4v) is 0. The minimum absolute atomic E-state index is 0.685. The lowest BCUT2D eigenvalue weighted by molar-refractivity contribution is -0.119. The molecule has 0 aromatic rings. The van der Waals surface area contributed by atoms with Crippen molar-refractivity contribution < 1.29 is 4.79 Å². The number of hydrogen-bond acceptors (Lipinski definition) is 3. The summed E-state index contributed by atoms with van der Waals surface area (Å²) in [5.74, 6) is -0.685. The molecule has 0 aromatic heterocycles. The van der Waals surface area contributed by atoms with Crippen LogP contribution in [-0.4, -0.2) is 12.1 Å². The average molecular weight is 89.1 g/mol. The van der Waals surface area contributed by atoms with Gasteiger partial charge in [-0.25, -0.2) is 0 Å². The molecule has 0 saturated heterocycles. The Balaban J connectivity index is 3.26. The van der Waals surface area contributed by atoms with Crippen LogP contribution in [0.3, 0.4) is 0 Å². The van der Waals surface area contributed by atoms with Crippen LogP contribution in [0.5, 0.6) is 0 Å². The monoisotopic (exact) mass is 89.1 g/mol. The molecule has 0 saturated carbocycles. The zero-order chi connectivity index (χ0) is 5.15. The van der Waals surface area contributed by atoms with Crippen molar-refractivity contribution in [1.29, 1.82) is 0 Å². The highest BCUT2D eigenvalue weighted by Crippen LogP contribution is 1.51. The van der Waals surface area contributed by atoms with Gasteiger partial charge in [0.05, 0.1) is 0 Å². The summed E-state index contributed by atoms with van der Waals surface area (Å²) in [4.78, 5) is 9.67. The lowest BCUT2D eigenvalue weighted by Gasteiger charge is -1.92. The average Bonchev–Trinajstić information content (AvgIpc) is 1.36. The summed E-state index contributed by atoms with van der Waals surface area (Å²) in [6, 6.07) is 0. The topological polar surface area (TPSA) is 95.1 Å². The Bertz CT molecular complexity index is 59.8. The van der Waals surface area contributed by atoms with Gasteiger partial charge in [0, 0.05) is 0 Å². The lowest BCUT2D eigenvalue weighted by atomic mass is 10.5. The quantitative estimate of drug-likeness (QED) is 0.316. The zero-order valence-corrected chi connectivity index (χ0v) is 3.22. The summed E-state index contributed by atoms with van der Waals surface area (Å²) in [5.41, 5.74) is 14.0. The van der Waals surface area contributed by atoms with Gasteiger partial charge in [-0.3, -0.25) is 4.79 Å². The maximum Gasteiger partial charge on any atom is 0.248 e. The Morgan fingerprint density at radius 3 is 1.67 bits per heavy atom. The lowest BCUT2D eigenvalue weighted by Crippen LogP contribution is -2.43. The molecule has 0 rings (SSSR count). The molecule has 0 atom stereocenters. The predicted octanol–water partition coefficient (Wildman–Crippen LogP) is -2.28. The summed E-state index contributed by atoms with van der Waals surface area (Å²) in [6.07, 6.45) is -1.01. The SMILES string of the molecule is NC(=O)C(N)N. The molecule has 0 fully saturated rings. The third-order valence-corrected chi connectivity index (χ3v) is 0.329. The highest BCUT2D eigenvalue weighted by molar-refractivity contribution is 5.78. The molecular weight excluding hydrogens is 82.0 g/mol. The van der Waals surface area contributed by atoms with Crippen molar-refractivity contribution in [3.63, 3.8) is 0 Å². The molecule has 6 N–H and O–H groups in total. The first-order valence-electron chi connectivity index (χ1n) is 1.45. The van der Waals surface area contributed by atoms with Crippen molar-refractivity contribution in [2.75, 3.05) is 0 Å². The zero-order valence-electron chi connectivity index (χ0n) is 3.22. The van der Waals surface area contributed by atoms with E-state index in [1.54, 1.807) is 0 Å². The third kappa shape index (κ3) is 1.68. The maximum atomic E-state index is 9.67. The molecule has 0 spiro atoms. The fourth-order valence-electron chi connectivity index (χ4n) is 0. The Morgan fingerprint density at radius 1 is 1.50 bits per heavy atom. The molecule has 0 bridgehead atoms. The molecule has 6 heavy (non-hydrogen) atoms. The van der Waals surface area contributed by atoms with E-state index in [0.717, 1.165) is 0 Å². The van der Waals surface area contributed by atoms with E-state index in [9.17, 15) is 4.79 Å². The first-order valence-corrected chi connectivity index (χ1v) is 1.45. The summed E-state index contributed by atoms with van der Waals surface area (Å²) in [7, 11) is 0. The smallest absolute Gasteiger partial charge is 0.248 e. The number of carbonyl (C=O) groups is 1. The first kappa shape index (κ1) is 5.39. The van der Waals surface area contributed by atoms with Crippen LogP contribution < -0.4 is 17.2 Å².